The number of benzene rings is 1. The molecular formula is C16H16ClNO4. The summed E-state index contributed by atoms with van der Waals surface area (Å²) in [6.07, 6.45) is 1.04. The number of amides is 1. The number of nitrogens with one attached hydrogen (secondary N) is 1. The number of hydrogen-bond donors (Lipinski definition) is 2. The summed E-state index contributed by atoms with van der Waals surface area (Å²) >= 11 is 6.18. The maximum atomic E-state index is 12.0. The highest BCUT2D eigenvalue weighted by atomic mass is 35.5. The van der Waals surface area contributed by atoms with Crippen LogP contribution in [0.1, 0.15) is 40.3 Å². The molecule has 1 heterocycles. The SMILES string of the molecule is CC(C)(CNC(=O)c1cc(C(=O)O)co1)c1ccccc1Cl. The Bertz CT molecular complexity index is 706. The Hall–Kier alpha value is -2.27. The van der Waals surface area contributed by atoms with Crippen molar-refractivity contribution in [3.05, 3.63) is 58.5 Å². The molecule has 0 radical (unpaired) electrons. The van der Waals surface area contributed by atoms with Crippen LogP contribution in [0.15, 0.2) is 41.0 Å². The van der Waals surface area contributed by atoms with Crippen LogP contribution in [-0.4, -0.2) is 23.5 Å². The van der Waals surface area contributed by atoms with Gasteiger partial charge in [-0.15, -0.1) is 0 Å². The van der Waals surface area contributed by atoms with E-state index in [1.165, 1.54) is 6.07 Å². The first kappa shape index (κ1) is 16.1. The second-order valence-corrected chi connectivity index (χ2v) is 5.96. The summed E-state index contributed by atoms with van der Waals surface area (Å²) in [5.74, 6) is -1.64. The minimum atomic E-state index is -1.14. The van der Waals surface area contributed by atoms with Crippen LogP contribution in [0.3, 0.4) is 0 Å². The number of rotatable bonds is 5. The Morgan fingerprint density at radius 2 is 2.00 bits per heavy atom. The van der Waals surface area contributed by atoms with Gasteiger partial charge in [0.2, 0.25) is 0 Å². The molecule has 2 aromatic rings. The number of carboxylic acid groups (broad SMARTS) is 1. The highest BCUT2D eigenvalue weighted by Gasteiger charge is 2.25. The minimum Gasteiger partial charge on any atom is -0.478 e. The predicted octanol–water partition coefficient (Wildman–Crippen LogP) is 3.34. The molecule has 0 aliphatic carbocycles. The van der Waals surface area contributed by atoms with Crippen LogP contribution in [0.5, 0.6) is 0 Å². The van der Waals surface area contributed by atoms with E-state index in [4.69, 9.17) is 21.1 Å². The Morgan fingerprint density at radius 3 is 2.59 bits per heavy atom. The van der Waals surface area contributed by atoms with E-state index in [0.717, 1.165) is 11.8 Å². The smallest absolute Gasteiger partial charge is 0.338 e. The van der Waals surface area contributed by atoms with Gasteiger partial charge in [0.05, 0.1) is 5.56 Å². The molecule has 0 aliphatic rings. The van der Waals surface area contributed by atoms with E-state index in [1.807, 2.05) is 32.0 Å². The van der Waals surface area contributed by atoms with Gasteiger partial charge in [-0.05, 0) is 11.6 Å². The molecule has 1 aromatic heterocycles. The van der Waals surface area contributed by atoms with Gasteiger partial charge in [0.15, 0.2) is 5.76 Å². The van der Waals surface area contributed by atoms with Crippen LogP contribution in [0.4, 0.5) is 0 Å². The predicted molar refractivity (Wildman–Crippen MR) is 82.5 cm³/mol. The molecule has 0 saturated carbocycles. The Morgan fingerprint density at radius 1 is 1.32 bits per heavy atom. The third-order valence-electron chi connectivity index (χ3n) is 3.36. The molecule has 0 atom stereocenters. The number of halogens is 1. The zero-order valence-electron chi connectivity index (χ0n) is 12.2. The Kier molecular flexibility index (Phi) is 4.56. The van der Waals surface area contributed by atoms with E-state index >= 15 is 0 Å². The summed E-state index contributed by atoms with van der Waals surface area (Å²) in [4.78, 5) is 22.8. The van der Waals surface area contributed by atoms with Crippen LogP contribution in [0, 0.1) is 0 Å². The zero-order chi connectivity index (χ0) is 16.3. The number of carbonyl (C=O) groups excluding carboxylic acids is 1. The van der Waals surface area contributed by atoms with Gasteiger partial charge in [0.1, 0.15) is 6.26 Å². The summed E-state index contributed by atoms with van der Waals surface area (Å²) in [7, 11) is 0. The molecule has 6 heteroatoms. The molecule has 1 aromatic carbocycles. The number of carboxylic acids is 1. The summed E-state index contributed by atoms with van der Waals surface area (Å²) in [5, 5.41) is 12.2. The van der Waals surface area contributed by atoms with Gasteiger partial charge < -0.3 is 14.8 Å². The summed E-state index contributed by atoms with van der Waals surface area (Å²) in [6.45, 7) is 4.25. The zero-order valence-corrected chi connectivity index (χ0v) is 13.0. The molecular weight excluding hydrogens is 306 g/mol. The fourth-order valence-electron chi connectivity index (χ4n) is 2.06. The van der Waals surface area contributed by atoms with Crippen molar-refractivity contribution >= 4 is 23.5 Å². The van der Waals surface area contributed by atoms with Crippen LogP contribution in [-0.2, 0) is 5.41 Å². The molecule has 0 bridgehead atoms. The molecule has 0 aliphatic heterocycles. The second kappa shape index (κ2) is 6.23. The van der Waals surface area contributed by atoms with Crippen LogP contribution in [0.2, 0.25) is 5.02 Å². The molecule has 22 heavy (non-hydrogen) atoms. The van der Waals surface area contributed by atoms with Gasteiger partial charge in [0.25, 0.3) is 5.91 Å². The number of carbonyl (C=O) groups is 2. The molecule has 0 spiro atoms. The maximum Gasteiger partial charge on any atom is 0.338 e. The van der Waals surface area contributed by atoms with Gasteiger partial charge in [-0.1, -0.05) is 43.6 Å². The lowest BCUT2D eigenvalue weighted by atomic mass is 9.84. The molecule has 2 rings (SSSR count). The van der Waals surface area contributed by atoms with Crippen molar-refractivity contribution in [2.45, 2.75) is 19.3 Å². The molecule has 0 unspecified atom stereocenters. The lowest BCUT2D eigenvalue weighted by Gasteiger charge is -2.26. The number of hydrogen-bond acceptors (Lipinski definition) is 3. The largest absolute Gasteiger partial charge is 0.478 e. The van der Waals surface area contributed by atoms with Crippen LogP contribution < -0.4 is 5.32 Å². The van der Waals surface area contributed by atoms with Crippen molar-refractivity contribution in [2.75, 3.05) is 6.54 Å². The van der Waals surface area contributed by atoms with Gasteiger partial charge in [-0.25, -0.2) is 4.79 Å². The monoisotopic (exact) mass is 321 g/mol. The van der Waals surface area contributed by atoms with Crippen LogP contribution >= 0.6 is 11.6 Å². The van der Waals surface area contributed by atoms with Crippen molar-refractivity contribution in [3.63, 3.8) is 0 Å². The number of aromatic carboxylic acids is 1. The molecule has 0 saturated heterocycles. The van der Waals surface area contributed by atoms with Crippen molar-refractivity contribution in [1.82, 2.24) is 5.32 Å². The first-order valence-corrected chi connectivity index (χ1v) is 7.04. The average molecular weight is 322 g/mol. The first-order valence-electron chi connectivity index (χ1n) is 6.66. The molecule has 0 fully saturated rings. The van der Waals surface area contributed by atoms with Gasteiger partial charge in [-0.3, -0.25) is 4.79 Å². The summed E-state index contributed by atoms with van der Waals surface area (Å²) in [5.41, 5.74) is 0.481. The van der Waals surface area contributed by atoms with Crippen molar-refractivity contribution in [3.8, 4) is 0 Å². The standard InChI is InChI=1S/C16H16ClNO4/c1-16(2,11-5-3-4-6-12(11)17)9-18-14(19)13-7-10(8-22-13)15(20)21/h3-8H,9H2,1-2H3,(H,18,19)(H,20,21). The fourth-order valence-corrected chi connectivity index (χ4v) is 2.45. The van der Waals surface area contributed by atoms with E-state index in [0.29, 0.717) is 11.6 Å². The maximum absolute atomic E-state index is 12.0. The molecule has 5 nitrogen and oxygen atoms in total. The fraction of sp³-hybridized carbons (Fsp3) is 0.250. The minimum absolute atomic E-state index is 0.0349. The van der Waals surface area contributed by atoms with E-state index in [1.54, 1.807) is 6.07 Å². The van der Waals surface area contributed by atoms with E-state index in [2.05, 4.69) is 5.32 Å². The highest BCUT2D eigenvalue weighted by molar-refractivity contribution is 6.31. The molecule has 2 N–H and O–H groups in total. The summed E-state index contributed by atoms with van der Waals surface area (Å²) in [6, 6.07) is 8.63. The van der Waals surface area contributed by atoms with Crippen molar-refractivity contribution in [2.24, 2.45) is 0 Å². The quantitative estimate of drug-likeness (QED) is 0.885. The van der Waals surface area contributed by atoms with Gasteiger partial charge in [0, 0.05) is 23.0 Å². The normalized spacial score (nSPS) is 11.2. The third-order valence-corrected chi connectivity index (χ3v) is 3.69. The average Bonchev–Trinajstić information content (AvgIpc) is 2.95. The second-order valence-electron chi connectivity index (χ2n) is 5.55. The lowest BCUT2D eigenvalue weighted by molar-refractivity contribution is 0.0696. The van der Waals surface area contributed by atoms with Crippen LogP contribution in [0.25, 0.3) is 0 Å². The Balaban J connectivity index is 2.06. The number of furan rings is 1. The third kappa shape index (κ3) is 3.49. The van der Waals surface area contributed by atoms with Gasteiger partial charge in [-0.2, -0.15) is 0 Å². The summed E-state index contributed by atoms with van der Waals surface area (Å²) < 4.78 is 4.96. The van der Waals surface area contributed by atoms with Crippen molar-refractivity contribution in [1.29, 1.82) is 0 Å². The first-order chi connectivity index (χ1) is 10.3. The molecule has 116 valence electrons. The topological polar surface area (TPSA) is 79.5 Å². The van der Waals surface area contributed by atoms with Gasteiger partial charge >= 0.3 is 5.97 Å². The van der Waals surface area contributed by atoms with E-state index < -0.39 is 11.9 Å². The van der Waals surface area contributed by atoms with E-state index in [-0.39, 0.29) is 16.7 Å². The Labute approximate surface area is 132 Å². The highest BCUT2D eigenvalue weighted by Crippen LogP contribution is 2.29. The lowest BCUT2D eigenvalue weighted by Crippen LogP contribution is -2.36. The molecule has 1 amide bonds. The van der Waals surface area contributed by atoms with Crippen molar-refractivity contribution < 1.29 is 19.1 Å². The van der Waals surface area contributed by atoms with E-state index in [9.17, 15) is 9.59 Å².